The molecule has 0 aliphatic carbocycles. The fourth-order valence-corrected chi connectivity index (χ4v) is 3.53. The van der Waals surface area contributed by atoms with Gasteiger partial charge in [0.2, 0.25) is 10.0 Å². The number of benzene rings is 1. The van der Waals surface area contributed by atoms with Gasteiger partial charge in [-0.05, 0) is 31.5 Å². The number of aliphatic carboxylic acids is 1. The van der Waals surface area contributed by atoms with E-state index in [0.717, 1.165) is 4.31 Å². The summed E-state index contributed by atoms with van der Waals surface area (Å²) in [7, 11) is -2.71. The molecule has 0 bridgehead atoms. The lowest BCUT2D eigenvalue weighted by Gasteiger charge is -2.24. The van der Waals surface area contributed by atoms with E-state index in [9.17, 15) is 18.0 Å². The van der Waals surface area contributed by atoms with E-state index in [1.165, 1.54) is 25.3 Å². The zero-order valence-corrected chi connectivity index (χ0v) is 13.5. The molecule has 0 aromatic heterocycles. The van der Waals surface area contributed by atoms with Crippen LogP contribution in [0.15, 0.2) is 29.2 Å². The quantitative estimate of drug-likeness (QED) is 0.745. The minimum absolute atomic E-state index is 0.0520. The molecule has 0 aliphatic rings. The lowest BCUT2D eigenvalue weighted by Crippen LogP contribution is -2.40. The summed E-state index contributed by atoms with van der Waals surface area (Å²) in [6.45, 7) is 2.57. The Morgan fingerprint density at radius 2 is 1.95 bits per heavy atom. The van der Waals surface area contributed by atoms with Gasteiger partial charge in [-0.2, -0.15) is 4.31 Å². The maximum absolute atomic E-state index is 12.6. The van der Waals surface area contributed by atoms with Crippen LogP contribution in [0.25, 0.3) is 0 Å². The van der Waals surface area contributed by atoms with Crippen LogP contribution in [0.3, 0.4) is 0 Å². The van der Waals surface area contributed by atoms with Crippen molar-refractivity contribution in [3.63, 3.8) is 0 Å². The molecule has 0 aliphatic heterocycles. The Hall–Kier alpha value is -1.93. The van der Waals surface area contributed by atoms with Gasteiger partial charge in [-0.1, -0.05) is 12.1 Å². The van der Waals surface area contributed by atoms with Gasteiger partial charge < -0.3 is 9.84 Å². The van der Waals surface area contributed by atoms with Gasteiger partial charge >= 0.3 is 11.9 Å². The van der Waals surface area contributed by atoms with Crippen LogP contribution in [-0.4, -0.2) is 49.5 Å². The highest BCUT2D eigenvalue weighted by atomic mass is 32.2. The van der Waals surface area contributed by atoms with Crippen molar-refractivity contribution >= 4 is 22.0 Å². The van der Waals surface area contributed by atoms with E-state index >= 15 is 0 Å². The number of carboxylic acids is 1. The number of hydrogen-bond acceptors (Lipinski definition) is 5. The number of carbonyl (C=O) groups excluding carboxylic acids is 1. The van der Waals surface area contributed by atoms with Crippen LogP contribution in [0, 0.1) is 0 Å². The predicted molar refractivity (Wildman–Crippen MR) is 78.8 cm³/mol. The summed E-state index contributed by atoms with van der Waals surface area (Å²) in [5.74, 6) is -1.72. The summed E-state index contributed by atoms with van der Waals surface area (Å²) in [5.41, 5.74) is 0.479. The number of carbonyl (C=O) groups is 2. The highest BCUT2D eigenvalue weighted by molar-refractivity contribution is 7.89. The van der Waals surface area contributed by atoms with Crippen LogP contribution in [0.1, 0.15) is 19.4 Å². The Morgan fingerprint density at radius 3 is 2.45 bits per heavy atom. The molecule has 7 nitrogen and oxygen atoms in total. The average molecular weight is 329 g/mol. The highest BCUT2D eigenvalue weighted by Crippen LogP contribution is 2.19. The third kappa shape index (κ3) is 4.54. The van der Waals surface area contributed by atoms with Crippen LogP contribution in [0.4, 0.5) is 0 Å². The van der Waals surface area contributed by atoms with Crippen molar-refractivity contribution in [1.82, 2.24) is 4.31 Å². The number of carboxylic acid groups (broad SMARTS) is 1. The molecule has 0 spiro atoms. The second-order valence-corrected chi connectivity index (χ2v) is 6.83. The first-order valence-electron chi connectivity index (χ1n) is 6.58. The van der Waals surface area contributed by atoms with E-state index in [-0.39, 0.29) is 11.3 Å². The molecular formula is C14H19NO6S. The maximum atomic E-state index is 12.6. The third-order valence-corrected chi connectivity index (χ3v) is 4.97. The minimum atomic E-state index is -3.96. The second-order valence-electron chi connectivity index (χ2n) is 4.94. The fraction of sp³-hybridized carbons (Fsp3) is 0.429. The first kappa shape index (κ1) is 18.1. The zero-order valence-electron chi connectivity index (χ0n) is 12.6. The van der Waals surface area contributed by atoms with E-state index in [1.807, 2.05) is 0 Å². The van der Waals surface area contributed by atoms with Crippen molar-refractivity contribution in [2.75, 3.05) is 13.7 Å². The van der Waals surface area contributed by atoms with Gasteiger partial charge in [0.25, 0.3) is 0 Å². The number of esters is 1. The summed E-state index contributed by atoms with van der Waals surface area (Å²) < 4.78 is 30.6. The normalized spacial score (nSPS) is 11.7. The SMILES string of the molecule is COC(=O)Cc1cccc(S(=O)(=O)N(CC(=O)O)C(C)C)c1. The van der Waals surface area contributed by atoms with Crippen molar-refractivity contribution in [1.29, 1.82) is 0 Å². The van der Waals surface area contributed by atoms with Crippen molar-refractivity contribution in [2.24, 2.45) is 0 Å². The summed E-state index contributed by atoms with van der Waals surface area (Å²) in [4.78, 5) is 22.1. The Balaban J connectivity index is 3.18. The molecule has 0 radical (unpaired) electrons. The van der Waals surface area contributed by atoms with Gasteiger partial charge in [0.05, 0.1) is 18.4 Å². The first-order valence-corrected chi connectivity index (χ1v) is 8.02. The molecule has 0 fully saturated rings. The van der Waals surface area contributed by atoms with E-state index in [1.54, 1.807) is 19.9 Å². The molecule has 122 valence electrons. The van der Waals surface area contributed by atoms with Gasteiger partial charge in [0.15, 0.2) is 0 Å². The molecule has 1 aromatic carbocycles. The van der Waals surface area contributed by atoms with E-state index < -0.39 is 34.5 Å². The molecule has 8 heteroatoms. The van der Waals surface area contributed by atoms with Gasteiger partial charge in [-0.25, -0.2) is 8.42 Å². The Labute approximate surface area is 129 Å². The summed E-state index contributed by atoms with van der Waals surface area (Å²) in [6, 6.07) is 5.32. The number of rotatable bonds is 7. The van der Waals surface area contributed by atoms with E-state index in [0.29, 0.717) is 5.56 Å². The predicted octanol–water partition coefficient (Wildman–Crippen LogP) is 0.886. The molecule has 22 heavy (non-hydrogen) atoms. The fourth-order valence-electron chi connectivity index (χ4n) is 1.87. The largest absolute Gasteiger partial charge is 0.480 e. The molecule has 0 amide bonds. The van der Waals surface area contributed by atoms with Crippen LogP contribution < -0.4 is 0 Å². The molecular weight excluding hydrogens is 310 g/mol. The third-order valence-electron chi connectivity index (χ3n) is 2.95. The highest BCUT2D eigenvalue weighted by Gasteiger charge is 2.29. The lowest BCUT2D eigenvalue weighted by molar-refractivity contribution is -0.140. The Bertz CT molecular complexity index is 653. The Kier molecular flexibility index (Phi) is 6.07. The monoisotopic (exact) mass is 329 g/mol. The Morgan fingerprint density at radius 1 is 1.32 bits per heavy atom. The number of methoxy groups -OCH3 is 1. The van der Waals surface area contributed by atoms with Crippen molar-refractivity contribution in [2.45, 2.75) is 31.2 Å². The molecule has 0 saturated carbocycles. The first-order chi connectivity index (χ1) is 10.2. The van der Waals surface area contributed by atoms with Gasteiger partial charge in [-0.3, -0.25) is 9.59 Å². The van der Waals surface area contributed by atoms with Crippen LogP contribution >= 0.6 is 0 Å². The molecule has 0 heterocycles. The van der Waals surface area contributed by atoms with E-state index in [2.05, 4.69) is 4.74 Å². The van der Waals surface area contributed by atoms with Crippen molar-refractivity contribution in [3.8, 4) is 0 Å². The summed E-state index contributed by atoms with van der Waals surface area (Å²) in [5, 5.41) is 8.88. The van der Waals surface area contributed by atoms with Crippen LogP contribution in [-0.2, 0) is 30.8 Å². The average Bonchev–Trinajstić information content (AvgIpc) is 2.44. The number of nitrogens with zero attached hydrogens (tertiary/aromatic N) is 1. The summed E-state index contributed by atoms with van der Waals surface area (Å²) in [6.07, 6.45) is -0.0551. The summed E-state index contributed by atoms with van der Waals surface area (Å²) >= 11 is 0. The van der Waals surface area contributed by atoms with Crippen LogP contribution in [0.5, 0.6) is 0 Å². The molecule has 1 N–H and O–H groups in total. The topological polar surface area (TPSA) is 101 Å². The van der Waals surface area contributed by atoms with E-state index in [4.69, 9.17) is 5.11 Å². The number of sulfonamides is 1. The smallest absolute Gasteiger partial charge is 0.318 e. The number of hydrogen-bond donors (Lipinski definition) is 1. The van der Waals surface area contributed by atoms with Crippen molar-refractivity contribution < 1.29 is 27.9 Å². The van der Waals surface area contributed by atoms with Gasteiger partial charge in [0.1, 0.15) is 6.54 Å². The molecule has 0 unspecified atom stereocenters. The second kappa shape index (κ2) is 7.37. The molecule has 0 atom stereocenters. The molecule has 1 aromatic rings. The van der Waals surface area contributed by atoms with Gasteiger partial charge in [-0.15, -0.1) is 0 Å². The molecule has 0 saturated heterocycles. The minimum Gasteiger partial charge on any atom is -0.480 e. The van der Waals surface area contributed by atoms with Gasteiger partial charge in [0, 0.05) is 6.04 Å². The number of ether oxygens (including phenoxy) is 1. The van der Waals surface area contributed by atoms with Crippen molar-refractivity contribution in [3.05, 3.63) is 29.8 Å². The maximum Gasteiger partial charge on any atom is 0.318 e. The lowest BCUT2D eigenvalue weighted by atomic mass is 10.1. The molecule has 1 rings (SSSR count). The van der Waals surface area contributed by atoms with Crippen LogP contribution in [0.2, 0.25) is 0 Å². The zero-order chi connectivity index (χ0) is 16.9. The standard InChI is InChI=1S/C14H19NO6S/c1-10(2)15(9-13(16)17)22(19,20)12-6-4-5-11(7-12)8-14(18)21-3/h4-7,10H,8-9H2,1-3H3,(H,16,17).